The molecule has 10 heteroatoms. The number of rotatable bonds is 7. The normalized spacial score (nSPS) is 20.3. The number of hydrogen-bond donors (Lipinski definition) is 1. The molecule has 1 aliphatic carbocycles. The van der Waals surface area contributed by atoms with Gasteiger partial charge in [-0.05, 0) is 79.4 Å². The maximum absolute atomic E-state index is 13.3. The van der Waals surface area contributed by atoms with Crippen LogP contribution < -0.4 is 10.4 Å². The first-order valence-electron chi connectivity index (χ1n) is 13.8. The van der Waals surface area contributed by atoms with Crippen LogP contribution in [0.3, 0.4) is 0 Å². The zero-order chi connectivity index (χ0) is 26.5. The van der Waals surface area contributed by atoms with Crippen LogP contribution in [0.2, 0.25) is 0 Å². The summed E-state index contributed by atoms with van der Waals surface area (Å²) in [4.78, 5) is 29.3. The van der Waals surface area contributed by atoms with Crippen LogP contribution in [0.15, 0.2) is 34.9 Å². The van der Waals surface area contributed by atoms with E-state index in [2.05, 4.69) is 65.2 Å². The fourth-order valence-corrected chi connectivity index (χ4v) is 6.27. The van der Waals surface area contributed by atoms with E-state index >= 15 is 0 Å². The third kappa shape index (κ3) is 6.52. The number of nitrogens with zero attached hydrogens (tertiary/aromatic N) is 7. The Kier molecular flexibility index (Phi) is 8.89. The molecule has 1 amide bonds. The van der Waals surface area contributed by atoms with E-state index < -0.39 is 0 Å². The number of likely N-dealkylation sites (tertiary alicyclic amines) is 1. The number of nitrogens with one attached hydrogen (secondary N) is 1. The average Bonchev–Trinajstić information content (AvgIpc) is 3.48. The van der Waals surface area contributed by atoms with Gasteiger partial charge in [0.15, 0.2) is 5.82 Å². The molecule has 3 aliphatic rings. The lowest BCUT2D eigenvalue weighted by molar-refractivity contribution is 0.0658. The van der Waals surface area contributed by atoms with Crippen LogP contribution >= 0.6 is 15.9 Å². The molecule has 5 rings (SSSR count). The third-order valence-corrected chi connectivity index (χ3v) is 8.76. The molecule has 1 saturated carbocycles. The van der Waals surface area contributed by atoms with Gasteiger partial charge in [-0.15, -0.1) is 0 Å². The van der Waals surface area contributed by atoms with Crippen molar-refractivity contribution in [3.8, 4) is 6.07 Å². The number of hydrazine groups is 1. The number of hydrogen-bond acceptors (Lipinski definition) is 8. The standard InChI is InChI=1S/C28H37BrN8O/c1-34-14-16-36(17-15-34)23-10-12-35(13-11-23)20-21-6-8-22(9-7-21)28(38)33-37(24-4-2-3-5-24)27-25(29)19-31-26(18-30)32-27/h6-9,19,23-24H,2-5,10-17,20H2,1H3,(H,33,38). The molecule has 3 fully saturated rings. The zero-order valence-corrected chi connectivity index (χ0v) is 23.7. The minimum Gasteiger partial charge on any atom is -0.304 e. The number of amides is 1. The number of nitriles is 1. The Balaban J connectivity index is 1.18. The van der Waals surface area contributed by atoms with Crippen molar-refractivity contribution < 1.29 is 4.79 Å². The molecule has 3 heterocycles. The lowest BCUT2D eigenvalue weighted by atomic mass is 10.0. The summed E-state index contributed by atoms with van der Waals surface area (Å²) in [5.41, 5.74) is 4.90. The monoisotopic (exact) mass is 580 g/mol. The van der Waals surface area contributed by atoms with Crippen molar-refractivity contribution >= 4 is 27.7 Å². The van der Waals surface area contributed by atoms with Crippen molar-refractivity contribution in [1.82, 2.24) is 30.1 Å². The molecule has 0 unspecified atom stereocenters. The van der Waals surface area contributed by atoms with Crippen LogP contribution in [0, 0.1) is 11.3 Å². The van der Waals surface area contributed by atoms with Gasteiger partial charge < -0.3 is 4.90 Å². The number of carbonyl (C=O) groups excluding carboxylic acids is 1. The number of piperazine rings is 1. The fraction of sp³-hybridized carbons (Fsp3) is 0.571. The smallest absolute Gasteiger partial charge is 0.269 e. The van der Waals surface area contributed by atoms with Gasteiger partial charge in [0, 0.05) is 50.5 Å². The Morgan fingerprint density at radius 2 is 1.76 bits per heavy atom. The van der Waals surface area contributed by atoms with E-state index in [1.165, 1.54) is 44.6 Å². The van der Waals surface area contributed by atoms with Crippen molar-refractivity contribution in [2.75, 3.05) is 51.3 Å². The Morgan fingerprint density at radius 1 is 1.08 bits per heavy atom. The highest BCUT2D eigenvalue weighted by molar-refractivity contribution is 9.10. The minimum absolute atomic E-state index is 0.0809. The Morgan fingerprint density at radius 3 is 2.42 bits per heavy atom. The van der Waals surface area contributed by atoms with Crippen LogP contribution in [0.5, 0.6) is 0 Å². The lowest BCUT2D eigenvalue weighted by Gasteiger charge is -2.42. The highest BCUT2D eigenvalue weighted by Gasteiger charge is 2.29. The highest BCUT2D eigenvalue weighted by atomic mass is 79.9. The van der Waals surface area contributed by atoms with E-state index in [-0.39, 0.29) is 17.8 Å². The van der Waals surface area contributed by atoms with Crippen LogP contribution in [-0.4, -0.2) is 89.0 Å². The molecule has 0 radical (unpaired) electrons. The molecule has 38 heavy (non-hydrogen) atoms. The second-order valence-corrected chi connectivity index (χ2v) is 11.6. The summed E-state index contributed by atoms with van der Waals surface area (Å²) in [6.07, 6.45) is 8.16. The quantitative estimate of drug-likeness (QED) is 0.498. The average molecular weight is 582 g/mol. The largest absolute Gasteiger partial charge is 0.304 e. The van der Waals surface area contributed by atoms with E-state index in [9.17, 15) is 10.1 Å². The Hall–Kier alpha value is -2.58. The fourth-order valence-electron chi connectivity index (χ4n) is 5.88. The van der Waals surface area contributed by atoms with Gasteiger partial charge >= 0.3 is 0 Å². The number of anilines is 1. The van der Waals surface area contributed by atoms with Crippen molar-refractivity contribution in [2.24, 2.45) is 0 Å². The molecule has 0 atom stereocenters. The van der Waals surface area contributed by atoms with Gasteiger partial charge in [-0.2, -0.15) is 10.2 Å². The summed E-state index contributed by atoms with van der Waals surface area (Å²) < 4.78 is 0.649. The highest BCUT2D eigenvalue weighted by Crippen LogP contribution is 2.30. The van der Waals surface area contributed by atoms with Crippen LogP contribution in [-0.2, 0) is 6.54 Å². The van der Waals surface area contributed by atoms with Crippen molar-refractivity contribution in [2.45, 2.75) is 57.2 Å². The van der Waals surface area contributed by atoms with Crippen LogP contribution in [0.4, 0.5) is 5.82 Å². The molecule has 2 saturated heterocycles. The molecule has 2 aliphatic heterocycles. The summed E-state index contributed by atoms with van der Waals surface area (Å²) in [6.45, 7) is 7.89. The molecule has 1 aromatic carbocycles. The predicted octanol–water partition coefficient (Wildman–Crippen LogP) is 3.42. The second kappa shape index (κ2) is 12.5. The minimum atomic E-state index is -0.180. The third-order valence-electron chi connectivity index (χ3n) is 8.20. The SMILES string of the molecule is CN1CCN(C2CCN(Cc3ccc(C(=O)NN(c4nc(C#N)ncc4Br)C4CCCC4)cc3)CC2)CC1. The van der Waals surface area contributed by atoms with Crippen molar-refractivity contribution in [1.29, 1.82) is 5.26 Å². The van der Waals surface area contributed by atoms with Gasteiger partial charge in [0.05, 0.1) is 10.5 Å². The first kappa shape index (κ1) is 27.0. The van der Waals surface area contributed by atoms with E-state index in [1.54, 1.807) is 6.20 Å². The number of halogens is 1. The number of benzene rings is 1. The van der Waals surface area contributed by atoms with Gasteiger partial charge in [0.25, 0.3) is 5.91 Å². The van der Waals surface area contributed by atoms with E-state index in [1.807, 2.05) is 23.2 Å². The summed E-state index contributed by atoms with van der Waals surface area (Å²) in [5, 5.41) is 11.1. The van der Waals surface area contributed by atoms with Gasteiger partial charge in [-0.25, -0.2) is 4.98 Å². The zero-order valence-electron chi connectivity index (χ0n) is 22.2. The Bertz CT molecular complexity index is 1130. The predicted molar refractivity (Wildman–Crippen MR) is 150 cm³/mol. The molecule has 0 spiro atoms. The van der Waals surface area contributed by atoms with Crippen molar-refractivity contribution in [3.05, 3.63) is 51.9 Å². The molecule has 0 bridgehead atoms. The van der Waals surface area contributed by atoms with Crippen LogP contribution in [0.1, 0.15) is 60.3 Å². The second-order valence-electron chi connectivity index (χ2n) is 10.8. The number of carbonyl (C=O) groups is 1. The molecular weight excluding hydrogens is 544 g/mol. The maximum atomic E-state index is 13.3. The summed E-state index contributed by atoms with van der Waals surface area (Å²) in [6, 6.07) is 10.8. The van der Waals surface area contributed by atoms with Gasteiger partial charge in [-0.3, -0.25) is 25.0 Å². The first-order valence-corrected chi connectivity index (χ1v) is 14.6. The number of likely N-dealkylation sites (N-methyl/N-ethyl adjacent to an activating group) is 1. The van der Waals surface area contributed by atoms with Gasteiger partial charge in [-0.1, -0.05) is 25.0 Å². The Labute approximate surface area is 233 Å². The molecule has 9 nitrogen and oxygen atoms in total. The molecular formula is C28H37BrN8O. The van der Waals surface area contributed by atoms with E-state index in [0.717, 1.165) is 45.3 Å². The molecule has 2 aromatic rings. The summed E-state index contributed by atoms with van der Waals surface area (Å²) in [5.74, 6) is 0.422. The topological polar surface area (TPSA) is 91.6 Å². The van der Waals surface area contributed by atoms with Crippen LogP contribution in [0.25, 0.3) is 0 Å². The summed E-state index contributed by atoms with van der Waals surface area (Å²) in [7, 11) is 2.21. The lowest BCUT2D eigenvalue weighted by Crippen LogP contribution is -2.52. The first-order chi connectivity index (χ1) is 18.5. The van der Waals surface area contributed by atoms with Crippen molar-refractivity contribution in [3.63, 3.8) is 0 Å². The molecule has 202 valence electrons. The molecule has 1 N–H and O–H groups in total. The number of piperidine rings is 1. The number of aromatic nitrogens is 2. The van der Waals surface area contributed by atoms with E-state index in [4.69, 9.17) is 0 Å². The maximum Gasteiger partial charge on any atom is 0.269 e. The summed E-state index contributed by atoms with van der Waals surface area (Å²) >= 11 is 3.50. The van der Waals surface area contributed by atoms with Gasteiger partial charge in [0.2, 0.25) is 5.82 Å². The van der Waals surface area contributed by atoms with Gasteiger partial charge in [0.1, 0.15) is 6.07 Å². The van der Waals surface area contributed by atoms with E-state index in [0.29, 0.717) is 21.9 Å². The molecule has 1 aromatic heterocycles.